The number of esters is 2. The van der Waals surface area contributed by atoms with Crippen LogP contribution < -0.4 is 0 Å². The zero-order valence-electron chi connectivity index (χ0n) is 16.0. The van der Waals surface area contributed by atoms with Gasteiger partial charge in [0.25, 0.3) is 0 Å². The fraction of sp³-hybridized carbons (Fsp3) is 0.227. The van der Waals surface area contributed by atoms with Crippen molar-refractivity contribution in [3.05, 3.63) is 82.9 Å². The van der Waals surface area contributed by atoms with E-state index >= 15 is 0 Å². The number of benzene rings is 2. The molecular weight excluding hydrogens is 358 g/mol. The summed E-state index contributed by atoms with van der Waals surface area (Å²) in [5.74, 6) is -1.32. The van der Waals surface area contributed by atoms with Crippen LogP contribution >= 0.6 is 0 Å². The minimum Gasteiger partial charge on any atom is -0.478 e. The van der Waals surface area contributed by atoms with Crippen LogP contribution in [0.5, 0.6) is 0 Å². The third-order valence-corrected chi connectivity index (χ3v) is 4.54. The van der Waals surface area contributed by atoms with Gasteiger partial charge < -0.3 is 14.2 Å². The van der Waals surface area contributed by atoms with E-state index in [9.17, 15) is 9.59 Å². The zero-order valence-corrected chi connectivity index (χ0v) is 16.0. The van der Waals surface area contributed by atoms with Gasteiger partial charge in [-0.2, -0.15) is 0 Å². The van der Waals surface area contributed by atoms with Crippen molar-refractivity contribution in [1.82, 2.24) is 0 Å². The normalized spacial score (nSPS) is 15.0. The Labute approximate surface area is 163 Å². The predicted octanol–water partition coefficient (Wildman–Crippen LogP) is 3.02. The molecule has 0 saturated carbocycles. The van der Waals surface area contributed by atoms with E-state index in [4.69, 9.17) is 19.2 Å². The van der Waals surface area contributed by atoms with Gasteiger partial charge in [0.1, 0.15) is 11.1 Å². The molecule has 2 aromatic rings. The number of ether oxygens (including phenoxy) is 3. The fourth-order valence-electron chi connectivity index (χ4n) is 3.38. The molecule has 0 fully saturated rings. The number of carbonyl (C=O) groups is 2. The number of aliphatic imine (C=N–C) groups is 1. The summed E-state index contributed by atoms with van der Waals surface area (Å²) in [7, 11) is 2.52. The van der Waals surface area contributed by atoms with Crippen molar-refractivity contribution in [1.29, 1.82) is 0 Å². The van der Waals surface area contributed by atoms with Crippen molar-refractivity contribution in [2.45, 2.75) is 12.5 Å². The van der Waals surface area contributed by atoms with E-state index in [-0.39, 0.29) is 23.7 Å². The van der Waals surface area contributed by atoms with Gasteiger partial charge in [0.2, 0.25) is 5.90 Å². The minimum atomic E-state index is -1.29. The summed E-state index contributed by atoms with van der Waals surface area (Å²) in [6.07, 6.45) is 0. The molecule has 0 radical (unpaired) electrons. The Hall–Kier alpha value is -3.41. The predicted molar refractivity (Wildman–Crippen MR) is 104 cm³/mol. The Morgan fingerprint density at radius 2 is 1.36 bits per heavy atom. The van der Waals surface area contributed by atoms with Gasteiger partial charge in [-0.1, -0.05) is 60.7 Å². The molecule has 6 heteroatoms. The van der Waals surface area contributed by atoms with Gasteiger partial charge in [-0.15, -0.1) is 0 Å². The highest BCUT2D eigenvalue weighted by Crippen LogP contribution is 2.47. The first-order valence-electron chi connectivity index (χ1n) is 8.85. The first kappa shape index (κ1) is 19.4. The maximum Gasteiger partial charge on any atom is 0.344 e. The molecule has 3 rings (SSSR count). The molecule has 144 valence electrons. The maximum atomic E-state index is 12.9. The fourth-order valence-corrected chi connectivity index (χ4v) is 3.38. The quantitative estimate of drug-likeness (QED) is 0.747. The first-order valence-corrected chi connectivity index (χ1v) is 8.85. The molecule has 0 amide bonds. The van der Waals surface area contributed by atoms with Gasteiger partial charge in [0, 0.05) is 0 Å². The number of nitrogens with zero attached hydrogens (tertiary/aromatic N) is 1. The maximum absolute atomic E-state index is 12.9. The lowest BCUT2D eigenvalue weighted by Gasteiger charge is -2.29. The Balaban J connectivity index is 2.44. The van der Waals surface area contributed by atoms with E-state index in [1.807, 2.05) is 60.7 Å². The standard InChI is InChI=1S/C22H21NO5/c1-4-28-19-17(20(24)26-2)18(21(25)27-3)22(23-19,15-11-7-5-8-12-15)16-13-9-6-10-14-16/h5-14H,4H2,1-3H3. The third kappa shape index (κ3) is 3.07. The summed E-state index contributed by atoms with van der Waals surface area (Å²) >= 11 is 0. The molecule has 0 aromatic heterocycles. The summed E-state index contributed by atoms with van der Waals surface area (Å²) < 4.78 is 15.6. The zero-order chi connectivity index (χ0) is 20.1. The second kappa shape index (κ2) is 8.08. The van der Waals surface area contributed by atoms with E-state index < -0.39 is 17.5 Å². The van der Waals surface area contributed by atoms with Crippen LogP contribution in [-0.2, 0) is 29.3 Å². The lowest BCUT2D eigenvalue weighted by atomic mass is 9.77. The molecule has 2 aromatic carbocycles. The van der Waals surface area contributed by atoms with Gasteiger partial charge >= 0.3 is 11.9 Å². The van der Waals surface area contributed by atoms with Crippen LogP contribution in [0, 0.1) is 0 Å². The lowest BCUT2D eigenvalue weighted by Crippen LogP contribution is -2.32. The Kier molecular flexibility index (Phi) is 5.59. The van der Waals surface area contributed by atoms with Crippen LogP contribution in [0.3, 0.4) is 0 Å². The molecule has 0 aliphatic carbocycles. The van der Waals surface area contributed by atoms with Gasteiger partial charge in [-0.05, 0) is 18.1 Å². The SMILES string of the molecule is CCOC1=NC(c2ccccc2)(c2ccccc2)C(C(=O)OC)=C1C(=O)OC. The van der Waals surface area contributed by atoms with Crippen molar-refractivity contribution in [3.63, 3.8) is 0 Å². The Bertz CT molecular complexity index is 892. The number of carbonyl (C=O) groups excluding carboxylic acids is 2. The highest BCUT2D eigenvalue weighted by atomic mass is 16.5. The average molecular weight is 379 g/mol. The van der Waals surface area contributed by atoms with Crippen molar-refractivity contribution >= 4 is 17.8 Å². The van der Waals surface area contributed by atoms with E-state index in [0.717, 1.165) is 0 Å². The number of methoxy groups -OCH3 is 2. The number of hydrogen-bond acceptors (Lipinski definition) is 6. The largest absolute Gasteiger partial charge is 0.478 e. The summed E-state index contributed by atoms with van der Waals surface area (Å²) in [6.45, 7) is 2.05. The van der Waals surface area contributed by atoms with Crippen LogP contribution in [0.4, 0.5) is 0 Å². The van der Waals surface area contributed by atoms with Crippen molar-refractivity contribution < 1.29 is 23.8 Å². The lowest BCUT2D eigenvalue weighted by molar-refractivity contribution is -0.139. The van der Waals surface area contributed by atoms with E-state index in [1.165, 1.54) is 14.2 Å². The van der Waals surface area contributed by atoms with Crippen LogP contribution in [-0.4, -0.2) is 38.7 Å². The smallest absolute Gasteiger partial charge is 0.344 e. The topological polar surface area (TPSA) is 74.2 Å². The summed E-state index contributed by atoms with van der Waals surface area (Å²) in [4.78, 5) is 30.3. The molecule has 0 saturated heterocycles. The Morgan fingerprint density at radius 1 is 0.857 bits per heavy atom. The van der Waals surface area contributed by atoms with Gasteiger partial charge in [-0.3, -0.25) is 0 Å². The minimum absolute atomic E-state index is 0.0242. The Morgan fingerprint density at radius 3 is 1.79 bits per heavy atom. The molecule has 0 atom stereocenters. The van der Waals surface area contributed by atoms with Gasteiger partial charge in [-0.25, -0.2) is 14.6 Å². The number of hydrogen-bond donors (Lipinski definition) is 0. The second-order valence-corrected chi connectivity index (χ2v) is 6.03. The molecular formula is C22H21NO5. The molecule has 6 nitrogen and oxygen atoms in total. The molecule has 1 aliphatic rings. The van der Waals surface area contributed by atoms with E-state index in [0.29, 0.717) is 11.1 Å². The van der Waals surface area contributed by atoms with Crippen molar-refractivity contribution in [3.8, 4) is 0 Å². The van der Waals surface area contributed by atoms with E-state index in [2.05, 4.69) is 0 Å². The molecule has 1 aliphatic heterocycles. The van der Waals surface area contributed by atoms with Crippen LogP contribution in [0.1, 0.15) is 18.1 Å². The monoisotopic (exact) mass is 379 g/mol. The molecule has 0 N–H and O–H groups in total. The van der Waals surface area contributed by atoms with Gasteiger partial charge in [0.15, 0.2) is 0 Å². The summed E-state index contributed by atoms with van der Waals surface area (Å²) in [6, 6.07) is 18.5. The highest BCUT2D eigenvalue weighted by Gasteiger charge is 2.52. The number of rotatable bonds is 5. The first-order chi connectivity index (χ1) is 13.6. The highest BCUT2D eigenvalue weighted by molar-refractivity contribution is 6.24. The van der Waals surface area contributed by atoms with Crippen molar-refractivity contribution in [2.75, 3.05) is 20.8 Å². The van der Waals surface area contributed by atoms with Crippen LogP contribution in [0.15, 0.2) is 76.8 Å². The summed E-state index contributed by atoms with van der Waals surface area (Å²) in [5, 5.41) is 0. The molecule has 28 heavy (non-hydrogen) atoms. The average Bonchev–Trinajstić information content (AvgIpc) is 3.10. The summed E-state index contributed by atoms with van der Waals surface area (Å²) in [5.41, 5.74) is 0.172. The molecule has 0 spiro atoms. The van der Waals surface area contributed by atoms with Crippen LogP contribution in [0.2, 0.25) is 0 Å². The second-order valence-electron chi connectivity index (χ2n) is 6.03. The van der Waals surface area contributed by atoms with Gasteiger partial charge in [0.05, 0.1) is 26.4 Å². The van der Waals surface area contributed by atoms with Crippen LogP contribution in [0.25, 0.3) is 0 Å². The van der Waals surface area contributed by atoms with Crippen molar-refractivity contribution in [2.24, 2.45) is 4.99 Å². The van der Waals surface area contributed by atoms with E-state index in [1.54, 1.807) is 6.92 Å². The third-order valence-electron chi connectivity index (χ3n) is 4.54. The molecule has 1 heterocycles. The molecule has 0 bridgehead atoms. The molecule has 0 unspecified atom stereocenters.